The van der Waals surface area contributed by atoms with Crippen LogP contribution in [-0.2, 0) is 6.42 Å². The van der Waals surface area contributed by atoms with Crippen LogP contribution in [0.25, 0.3) is 11.2 Å². The highest BCUT2D eigenvalue weighted by Crippen LogP contribution is 2.30. The predicted molar refractivity (Wildman–Crippen MR) is 132 cm³/mol. The van der Waals surface area contributed by atoms with Gasteiger partial charge in [-0.15, -0.1) is 0 Å². The first kappa shape index (κ1) is 20.7. The van der Waals surface area contributed by atoms with Gasteiger partial charge in [-0.2, -0.15) is 5.10 Å². The highest BCUT2D eigenvalue weighted by Gasteiger charge is 2.18. The maximum absolute atomic E-state index is 4.86. The number of hydrogen-bond acceptors (Lipinski definition) is 8. The van der Waals surface area contributed by atoms with Crippen molar-refractivity contribution < 1.29 is 0 Å². The number of likely N-dealkylation sites (N-methyl/N-ethyl adjacent to an activating group) is 1. The van der Waals surface area contributed by atoms with Gasteiger partial charge in [0.2, 0.25) is 5.95 Å². The molecule has 4 aromatic rings. The number of pyridine rings is 1. The highest BCUT2D eigenvalue weighted by molar-refractivity contribution is 5.79. The molecule has 1 aliphatic heterocycles. The van der Waals surface area contributed by atoms with Gasteiger partial charge >= 0.3 is 0 Å². The summed E-state index contributed by atoms with van der Waals surface area (Å²) in [7, 11) is 2.16. The van der Waals surface area contributed by atoms with E-state index in [-0.39, 0.29) is 0 Å². The van der Waals surface area contributed by atoms with Gasteiger partial charge in [-0.05, 0) is 50.6 Å². The van der Waals surface area contributed by atoms with Crippen molar-refractivity contribution >= 4 is 28.7 Å². The SMILES string of the molecule is CN1CCN(c2ccc(Nc3ncc4c(n3)CCCC=C4c3ccc4nccn4n3)cn2)CC1. The molecule has 0 bridgehead atoms. The van der Waals surface area contributed by atoms with Crippen molar-refractivity contribution in [2.24, 2.45) is 0 Å². The number of aromatic nitrogens is 6. The number of nitrogens with zero attached hydrogens (tertiary/aromatic N) is 8. The van der Waals surface area contributed by atoms with Crippen LogP contribution in [0.4, 0.5) is 17.5 Å². The lowest BCUT2D eigenvalue weighted by Crippen LogP contribution is -2.44. The van der Waals surface area contributed by atoms with E-state index in [9.17, 15) is 0 Å². The molecule has 9 heteroatoms. The molecule has 0 unspecified atom stereocenters. The molecule has 6 rings (SSSR count). The van der Waals surface area contributed by atoms with Crippen LogP contribution in [0, 0.1) is 0 Å². The summed E-state index contributed by atoms with van der Waals surface area (Å²) in [4.78, 5) is 23.1. The Morgan fingerprint density at radius 1 is 0.941 bits per heavy atom. The van der Waals surface area contributed by atoms with Crippen molar-refractivity contribution in [2.45, 2.75) is 19.3 Å². The maximum Gasteiger partial charge on any atom is 0.227 e. The van der Waals surface area contributed by atoms with E-state index in [0.717, 1.165) is 85.1 Å². The molecule has 9 nitrogen and oxygen atoms in total. The molecule has 0 amide bonds. The van der Waals surface area contributed by atoms with E-state index in [0.29, 0.717) is 5.95 Å². The Bertz CT molecular complexity index is 1330. The quantitative estimate of drug-likeness (QED) is 0.504. The van der Waals surface area contributed by atoms with Crippen molar-refractivity contribution in [2.75, 3.05) is 43.4 Å². The van der Waals surface area contributed by atoms with Crippen molar-refractivity contribution in [1.29, 1.82) is 0 Å². The number of rotatable bonds is 4. The van der Waals surface area contributed by atoms with Crippen LogP contribution in [0.15, 0.2) is 55.1 Å². The summed E-state index contributed by atoms with van der Waals surface area (Å²) in [5, 5.41) is 8.07. The average molecular weight is 454 g/mol. The Labute approximate surface area is 198 Å². The number of allylic oxidation sites excluding steroid dienone is 1. The fourth-order valence-corrected chi connectivity index (χ4v) is 4.53. The molecule has 0 aromatic carbocycles. The molecule has 1 fully saturated rings. The minimum atomic E-state index is 0.590. The second kappa shape index (κ2) is 8.83. The lowest BCUT2D eigenvalue weighted by atomic mass is 10.0. The molecule has 1 aliphatic carbocycles. The molecule has 0 radical (unpaired) electrons. The van der Waals surface area contributed by atoms with E-state index in [1.807, 2.05) is 36.8 Å². The third-order valence-corrected chi connectivity index (χ3v) is 6.49. The van der Waals surface area contributed by atoms with E-state index in [4.69, 9.17) is 10.1 Å². The zero-order chi connectivity index (χ0) is 22.9. The smallest absolute Gasteiger partial charge is 0.227 e. The van der Waals surface area contributed by atoms with Crippen LogP contribution in [0.1, 0.15) is 29.8 Å². The van der Waals surface area contributed by atoms with Crippen LogP contribution in [0.2, 0.25) is 0 Å². The minimum absolute atomic E-state index is 0.590. The fraction of sp³-hybridized carbons (Fsp3) is 0.320. The largest absolute Gasteiger partial charge is 0.354 e. The maximum atomic E-state index is 4.86. The topological polar surface area (TPSA) is 87.4 Å². The first-order valence-electron chi connectivity index (χ1n) is 11.8. The van der Waals surface area contributed by atoms with E-state index in [1.54, 1.807) is 10.7 Å². The van der Waals surface area contributed by atoms with Crippen LogP contribution in [-0.4, -0.2) is 67.7 Å². The van der Waals surface area contributed by atoms with Gasteiger partial charge in [-0.3, -0.25) is 0 Å². The molecule has 1 N–H and O–H groups in total. The molecular weight excluding hydrogens is 426 g/mol. The van der Waals surface area contributed by atoms with Gasteiger partial charge in [-0.1, -0.05) is 6.08 Å². The standard InChI is InChI=1S/C25H27N9/c1-32-12-14-33(15-13-32)23-8-6-18(16-27-23)29-25-28-17-20-19(4-2-3-5-21(20)30-25)22-7-9-24-26-10-11-34(24)31-22/h4,6-11,16-17H,2-3,5,12-15H2,1H3,(H,28,29,30). The monoisotopic (exact) mass is 453 g/mol. The zero-order valence-electron chi connectivity index (χ0n) is 19.2. The summed E-state index contributed by atoms with van der Waals surface area (Å²) in [5.41, 5.74) is 5.78. The summed E-state index contributed by atoms with van der Waals surface area (Å²) in [5.74, 6) is 1.60. The molecule has 172 valence electrons. The number of anilines is 3. The van der Waals surface area contributed by atoms with E-state index in [2.05, 4.69) is 49.3 Å². The van der Waals surface area contributed by atoms with Gasteiger partial charge in [0.05, 0.1) is 23.3 Å². The highest BCUT2D eigenvalue weighted by atomic mass is 15.3. The van der Waals surface area contributed by atoms with E-state index in [1.165, 1.54) is 0 Å². The summed E-state index contributed by atoms with van der Waals surface area (Å²) >= 11 is 0. The van der Waals surface area contributed by atoms with Crippen LogP contribution in [0.5, 0.6) is 0 Å². The van der Waals surface area contributed by atoms with Gasteiger partial charge in [0.15, 0.2) is 5.65 Å². The molecule has 5 heterocycles. The Balaban J connectivity index is 1.22. The Morgan fingerprint density at radius 2 is 1.85 bits per heavy atom. The molecular formula is C25H27N9. The normalized spacial score (nSPS) is 16.7. The second-order valence-electron chi connectivity index (χ2n) is 8.83. The van der Waals surface area contributed by atoms with Crippen molar-refractivity contribution in [1.82, 2.24) is 34.4 Å². The molecule has 1 saturated heterocycles. The van der Waals surface area contributed by atoms with E-state index >= 15 is 0 Å². The number of fused-ring (bicyclic) bond motifs is 2. The lowest BCUT2D eigenvalue weighted by Gasteiger charge is -2.33. The molecule has 0 atom stereocenters. The molecule has 4 aromatic heterocycles. The van der Waals surface area contributed by atoms with Crippen LogP contribution in [0.3, 0.4) is 0 Å². The Kier molecular flexibility index (Phi) is 5.38. The van der Waals surface area contributed by atoms with Crippen molar-refractivity contribution in [3.63, 3.8) is 0 Å². The van der Waals surface area contributed by atoms with Gasteiger partial charge in [-0.25, -0.2) is 24.5 Å². The van der Waals surface area contributed by atoms with Gasteiger partial charge in [0.25, 0.3) is 0 Å². The lowest BCUT2D eigenvalue weighted by molar-refractivity contribution is 0.312. The van der Waals surface area contributed by atoms with Crippen molar-refractivity contribution in [3.8, 4) is 0 Å². The number of nitrogens with one attached hydrogen (secondary N) is 1. The summed E-state index contributed by atoms with van der Waals surface area (Å²) in [6.07, 6.45) is 12.6. The second-order valence-corrected chi connectivity index (χ2v) is 8.83. The summed E-state index contributed by atoms with van der Waals surface area (Å²) < 4.78 is 1.80. The first-order chi connectivity index (χ1) is 16.7. The van der Waals surface area contributed by atoms with E-state index < -0.39 is 0 Å². The van der Waals surface area contributed by atoms with Gasteiger partial charge < -0.3 is 15.1 Å². The first-order valence-corrected chi connectivity index (χ1v) is 11.8. The zero-order valence-corrected chi connectivity index (χ0v) is 19.2. The molecule has 2 aliphatic rings. The number of hydrogen-bond donors (Lipinski definition) is 1. The minimum Gasteiger partial charge on any atom is -0.354 e. The number of piperazine rings is 1. The molecule has 0 saturated carbocycles. The van der Waals surface area contributed by atoms with Crippen LogP contribution < -0.4 is 10.2 Å². The van der Waals surface area contributed by atoms with Gasteiger partial charge in [0.1, 0.15) is 5.82 Å². The summed E-state index contributed by atoms with van der Waals surface area (Å²) in [6.45, 7) is 4.13. The number of imidazole rings is 1. The Morgan fingerprint density at radius 3 is 2.71 bits per heavy atom. The molecule has 0 spiro atoms. The fourth-order valence-electron chi connectivity index (χ4n) is 4.53. The molecule has 34 heavy (non-hydrogen) atoms. The van der Waals surface area contributed by atoms with Gasteiger partial charge in [0, 0.05) is 55.9 Å². The van der Waals surface area contributed by atoms with Crippen LogP contribution >= 0.6 is 0 Å². The predicted octanol–water partition coefficient (Wildman–Crippen LogP) is 3.18. The summed E-state index contributed by atoms with van der Waals surface area (Å²) in [6, 6.07) is 8.12. The Hall–Kier alpha value is -3.85. The average Bonchev–Trinajstić information content (AvgIpc) is 3.24. The van der Waals surface area contributed by atoms with Crippen molar-refractivity contribution in [3.05, 3.63) is 72.1 Å². The third kappa shape index (κ3) is 4.10. The third-order valence-electron chi connectivity index (χ3n) is 6.49. The number of aryl methyl sites for hydroxylation is 1.